The Balaban J connectivity index is 1.52. The molecule has 0 atom stereocenters. The molecule has 0 unspecified atom stereocenters. The highest BCUT2D eigenvalue weighted by atomic mass is 19.1. The summed E-state index contributed by atoms with van der Waals surface area (Å²) in [5, 5.41) is 7.06. The van der Waals surface area contributed by atoms with Gasteiger partial charge in [0.1, 0.15) is 0 Å². The van der Waals surface area contributed by atoms with Crippen LogP contribution in [0.1, 0.15) is 38.2 Å². The first-order chi connectivity index (χ1) is 15.5. The zero-order valence-corrected chi connectivity index (χ0v) is 20.1. The minimum Gasteiger partial charge on any atom is -0.494 e. The Hall–Kier alpha value is -1.90. The lowest BCUT2D eigenvalue weighted by molar-refractivity contribution is -0.00256. The Bertz CT molecular complexity index is 744. The summed E-state index contributed by atoms with van der Waals surface area (Å²) < 4.78 is 24.6. The number of hydrogen-bond donors (Lipinski definition) is 2. The molecule has 0 spiro atoms. The molecule has 0 aromatic heterocycles. The van der Waals surface area contributed by atoms with Gasteiger partial charge < -0.3 is 25.0 Å². The van der Waals surface area contributed by atoms with Gasteiger partial charge in [0.2, 0.25) is 0 Å². The van der Waals surface area contributed by atoms with Gasteiger partial charge in [-0.15, -0.1) is 0 Å². The highest BCUT2D eigenvalue weighted by molar-refractivity contribution is 5.80. The predicted molar refractivity (Wildman–Crippen MR) is 127 cm³/mol. The number of hydrogen-bond acceptors (Lipinski definition) is 5. The van der Waals surface area contributed by atoms with Gasteiger partial charge in [-0.3, -0.25) is 9.89 Å². The second-order valence-corrected chi connectivity index (χ2v) is 9.09. The maximum atomic E-state index is 14.0. The van der Waals surface area contributed by atoms with Crippen molar-refractivity contribution in [1.82, 2.24) is 20.4 Å². The Labute approximate surface area is 192 Å². The second-order valence-electron chi connectivity index (χ2n) is 9.09. The molecule has 2 heterocycles. The molecule has 1 aromatic carbocycles. The van der Waals surface area contributed by atoms with E-state index in [0.29, 0.717) is 11.8 Å². The van der Waals surface area contributed by atoms with E-state index in [9.17, 15) is 4.39 Å². The Kier molecular flexibility index (Phi) is 9.13. The number of aliphatic imine (C=N–C) groups is 1. The molecule has 8 heteroatoms. The normalized spacial score (nSPS) is 20.4. The SMILES string of the molecule is CCNC(=NCC1(N(C)C)CCOCC1)NC1CCN(Cc2ccc(OC)c(F)c2)CC1. The molecule has 1 aromatic rings. The first-order valence-electron chi connectivity index (χ1n) is 11.8. The molecule has 32 heavy (non-hydrogen) atoms. The van der Waals surface area contributed by atoms with Gasteiger partial charge in [-0.25, -0.2) is 4.39 Å². The van der Waals surface area contributed by atoms with E-state index in [1.807, 2.05) is 6.07 Å². The second kappa shape index (κ2) is 11.8. The summed E-state index contributed by atoms with van der Waals surface area (Å²) in [4.78, 5) is 9.66. The molecule has 0 aliphatic carbocycles. The predicted octanol–water partition coefficient (Wildman–Crippen LogP) is 2.46. The number of nitrogens with one attached hydrogen (secondary N) is 2. The summed E-state index contributed by atoms with van der Waals surface area (Å²) in [6.07, 6.45) is 4.09. The fourth-order valence-electron chi connectivity index (χ4n) is 4.54. The molecular weight excluding hydrogens is 409 g/mol. The van der Waals surface area contributed by atoms with Crippen LogP contribution in [-0.4, -0.2) is 87.9 Å². The van der Waals surface area contributed by atoms with E-state index >= 15 is 0 Å². The zero-order chi connectivity index (χ0) is 23.0. The summed E-state index contributed by atoms with van der Waals surface area (Å²) >= 11 is 0. The lowest BCUT2D eigenvalue weighted by Crippen LogP contribution is -2.52. The third-order valence-electron chi connectivity index (χ3n) is 6.80. The minimum atomic E-state index is -0.298. The molecule has 2 N–H and O–H groups in total. The molecule has 7 nitrogen and oxygen atoms in total. The number of methoxy groups -OCH3 is 1. The maximum Gasteiger partial charge on any atom is 0.191 e. The number of ether oxygens (including phenoxy) is 2. The molecule has 180 valence electrons. The van der Waals surface area contributed by atoms with Crippen LogP contribution in [0, 0.1) is 5.82 Å². The first kappa shape index (κ1) is 24.7. The van der Waals surface area contributed by atoms with Crippen LogP contribution in [0.25, 0.3) is 0 Å². The van der Waals surface area contributed by atoms with Crippen LogP contribution in [0.15, 0.2) is 23.2 Å². The lowest BCUT2D eigenvalue weighted by atomic mass is 9.89. The number of rotatable bonds is 8. The van der Waals surface area contributed by atoms with Crippen LogP contribution in [0.2, 0.25) is 0 Å². The molecule has 0 saturated carbocycles. The summed E-state index contributed by atoms with van der Waals surface area (Å²) in [7, 11) is 5.78. The smallest absolute Gasteiger partial charge is 0.191 e. The highest BCUT2D eigenvalue weighted by Gasteiger charge is 2.34. The number of halogens is 1. The van der Waals surface area contributed by atoms with Gasteiger partial charge in [-0.2, -0.15) is 0 Å². The van der Waals surface area contributed by atoms with E-state index in [1.165, 1.54) is 7.11 Å². The molecule has 0 radical (unpaired) electrons. The van der Waals surface area contributed by atoms with Crippen LogP contribution in [-0.2, 0) is 11.3 Å². The van der Waals surface area contributed by atoms with Crippen molar-refractivity contribution >= 4 is 5.96 Å². The van der Waals surface area contributed by atoms with Gasteiger partial charge >= 0.3 is 0 Å². The van der Waals surface area contributed by atoms with E-state index in [1.54, 1.807) is 12.1 Å². The highest BCUT2D eigenvalue weighted by Crippen LogP contribution is 2.26. The van der Waals surface area contributed by atoms with Gasteiger partial charge in [-0.05, 0) is 64.4 Å². The van der Waals surface area contributed by atoms with E-state index in [-0.39, 0.29) is 11.4 Å². The van der Waals surface area contributed by atoms with Gasteiger partial charge in [0, 0.05) is 51.0 Å². The summed E-state index contributed by atoms with van der Waals surface area (Å²) in [6, 6.07) is 5.62. The molecule has 0 bridgehead atoms. The number of benzene rings is 1. The maximum absolute atomic E-state index is 14.0. The number of likely N-dealkylation sites (N-methyl/N-ethyl adjacent to an activating group) is 1. The van der Waals surface area contributed by atoms with Gasteiger partial charge in [-0.1, -0.05) is 6.07 Å². The van der Waals surface area contributed by atoms with E-state index in [0.717, 1.165) is 83.1 Å². The van der Waals surface area contributed by atoms with Gasteiger partial charge in [0.05, 0.1) is 13.7 Å². The molecule has 2 aliphatic heterocycles. The first-order valence-corrected chi connectivity index (χ1v) is 11.8. The zero-order valence-electron chi connectivity index (χ0n) is 20.1. The summed E-state index contributed by atoms with van der Waals surface area (Å²) in [5.41, 5.74) is 1.05. The largest absolute Gasteiger partial charge is 0.494 e. The van der Waals surface area contributed by atoms with E-state index < -0.39 is 0 Å². The van der Waals surface area contributed by atoms with Crippen molar-refractivity contribution in [2.75, 3.05) is 60.6 Å². The molecule has 2 aliphatic rings. The summed E-state index contributed by atoms with van der Waals surface area (Å²) in [6.45, 7) is 8.02. The van der Waals surface area contributed by atoms with Crippen molar-refractivity contribution in [3.63, 3.8) is 0 Å². The number of likely N-dealkylation sites (tertiary alicyclic amines) is 1. The number of guanidine groups is 1. The lowest BCUT2D eigenvalue weighted by Gasteiger charge is -2.42. The van der Waals surface area contributed by atoms with Crippen LogP contribution in [0.4, 0.5) is 4.39 Å². The molecule has 2 saturated heterocycles. The average Bonchev–Trinajstić information content (AvgIpc) is 2.79. The molecular formula is C24H40FN5O2. The standard InChI is InChI=1S/C24H40FN5O2/c1-5-26-23(27-18-24(29(2)3)10-14-32-15-11-24)28-20-8-12-30(13-9-20)17-19-6-7-22(31-4)21(25)16-19/h6-7,16,20H,5,8-15,17-18H2,1-4H3,(H2,26,27,28). The Morgan fingerprint density at radius 3 is 2.59 bits per heavy atom. The van der Waals surface area contributed by atoms with Gasteiger partial charge in [0.15, 0.2) is 17.5 Å². The van der Waals surface area contributed by atoms with Crippen LogP contribution >= 0.6 is 0 Å². The van der Waals surface area contributed by atoms with Crippen molar-refractivity contribution < 1.29 is 13.9 Å². The van der Waals surface area contributed by atoms with Crippen molar-refractivity contribution in [3.05, 3.63) is 29.6 Å². The third kappa shape index (κ3) is 6.56. The van der Waals surface area contributed by atoms with Crippen LogP contribution in [0.5, 0.6) is 5.75 Å². The number of piperidine rings is 1. The quantitative estimate of drug-likeness (QED) is 0.470. The van der Waals surface area contributed by atoms with E-state index in [4.69, 9.17) is 14.5 Å². The minimum absolute atomic E-state index is 0.0671. The Morgan fingerprint density at radius 2 is 2.00 bits per heavy atom. The average molecular weight is 450 g/mol. The van der Waals surface area contributed by atoms with Gasteiger partial charge in [0.25, 0.3) is 0 Å². The fraction of sp³-hybridized carbons (Fsp3) is 0.708. The van der Waals surface area contributed by atoms with Crippen LogP contribution < -0.4 is 15.4 Å². The van der Waals surface area contributed by atoms with Crippen LogP contribution in [0.3, 0.4) is 0 Å². The fourth-order valence-corrected chi connectivity index (χ4v) is 4.54. The molecule has 3 rings (SSSR count). The molecule has 2 fully saturated rings. The van der Waals surface area contributed by atoms with Crippen molar-refractivity contribution in [3.8, 4) is 5.75 Å². The topological polar surface area (TPSA) is 61.4 Å². The van der Waals surface area contributed by atoms with E-state index in [2.05, 4.69) is 41.5 Å². The van der Waals surface area contributed by atoms with Crippen molar-refractivity contribution in [2.24, 2.45) is 4.99 Å². The monoisotopic (exact) mass is 449 g/mol. The Morgan fingerprint density at radius 1 is 1.28 bits per heavy atom. The van der Waals surface area contributed by atoms with Crippen molar-refractivity contribution in [2.45, 2.75) is 50.7 Å². The van der Waals surface area contributed by atoms with Crippen molar-refractivity contribution in [1.29, 1.82) is 0 Å². The number of nitrogens with zero attached hydrogens (tertiary/aromatic N) is 3. The molecule has 0 amide bonds. The summed E-state index contributed by atoms with van der Waals surface area (Å²) in [5.74, 6) is 0.896. The third-order valence-corrected chi connectivity index (χ3v) is 6.80.